The molecule has 0 atom stereocenters. The predicted octanol–water partition coefficient (Wildman–Crippen LogP) is 8.57. The Bertz CT molecular complexity index is 2110. The second-order valence-corrected chi connectivity index (χ2v) is 12.7. The minimum Gasteiger partial charge on any atom is -0.490 e. The highest BCUT2D eigenvalue weighted by Crippen LogP contribution is 2.40. The monoisotopic (exact) mass is 741 g/mol. The molecule has 1 aliphatic heterocycles. The largest absolute Gasteiger partial charge is 0.490 e. The van der Waals surface area contributed by atoms with Gasteiger partial charge < -0.3 is 14.5 Å². The van der Waals surface area contributed by atoms with Crippen molar-refractivity contribution in [1.29, 1.82) is 0 Å². The van der Waals surface area contributed by atoms with Gasteiger partial charge in [0.1, 0.15) is 6.61 Å². The van der Waals surface area contributed by atoms with Crippen LogP contribution in [0.3, 0.4) is 0 Å². The number of rotatable bonds is 12. The zero-order chi connectivity index (χ0) is 34.5. The number of para-hydroxylation sites is 1. The van der Waals surface area contributed by atoms with Crippen LogP contribution in [-0.4, -0.2) is 44.0 Å². The Morgan fingerprint density at radius 1 is 0.959 bits per heavy atom. The van der Waals surface area contributed by atoms with E-state index in [9.17, 15) is 25.0 Å². The van der Waals surface area contributed by atoms with Crippen molar-refractivity contribution in [3.8, 4) is 11.5 Å². The molecule has 0 bridgehead atoms. The number of amidine groups is 1. The van der Waals surface area contributed by atoms with Gasteiger partial charge >= 0.3 is 0 Å². The highest BCUT2D eigenvalue weighted by Gasteiger charge is 2.33. The number of hydrogen-bond donors (Lipinski definition) is 1. The molecule has 0 unspecified atom stereocenters. The summed E-state index contributed by atoms with van der Waals surface area (Å²) in [4.78, 5) is 45.2. The van der Waals surface area contributed by atoms with Crippen LogP contribution in [0.15, 0.2) is 105 Å². The normalized spacial score (nSPS) is 14.6. The van der Waals surface area contributed by atoms with Gasteiger partial charge in [-0.15, -0.1) is 0 Å². The molecule has 12 nitrogen and oxygen atoms in total. The standard InChI is InChI=1S/C35H28BrN5O7S/c1-2-47-31-18-23(17-29(36)33(31)48-21-22-7-11-26(12-8-22)40(43)44)19-32-34(42)39(16-15-24-20-37-30-6-4-3-5-28(24)30)35(49-32)38-25-9-13-27(14-10-25)41(45)46/h3-14,17-20,37H,2,15-16,21H2,1H3/b32-19-,38-35?. The first-order valence-corrected chi connectivity index (χ1v) is 16.7. The molecule has 1 N–H and O–H groups in total. The maximum atomic E-state index is 13.9. The predicted molar refractivity (Wildman–Crippen MR) is 192 cm³/mol. The van der Waals surface area contributed by atoms with E-state index >= 15 is 0 Å². The summed E-state index contributed by atoms with van der Waals surface area (Å²) in [5.41, 5.74) is 3.93. The van der Waals surface area contributed by atoms with E-state index in [4.69, 9.17) is 14.5 Å². The number of carbonyl (C=O) groups excluding carboxylic acids is 1. The van der Waals surface area contributed by atoms with E-state index in [2.05, 4.69) is 20.9 Å². The number of ether oxygens (including phenoxy) is 2. The summed E-state index contributed by atoms with van der Waals surface area (Å²) in [6.07, 6.45) is 4.28. The summed E-state index contributed by atoms with van der Waals surface area (Å²) in [6.45, 7) is 2.73. The molecular formula is C35H28BrN5O7S. The summed E-state index contributed by atoms with van der Waals surface area (Å²) in [7, 11) is 0. The fourth-order valence-electron chi connectivity index (χ4n) is 5.21. The van der Waals surface area contributed by atoms with Gasteiger partial charge in [-0.3, -0.25) is 29.9 Å². The summed E-state index contributed by atoms with van der Waals surface area (Å²) < 4.78 is 12.6. The molecular weight excluding hydrogens is 714 g/mol. The first kappa shape index (κ1) is 33.4. The minimum atomic E-state index is -0.472. The molecule has 1 aromatic heterocycles. The van der Waals surface area contributed by atoms with Crippen molar-refractivity contribution < 1.29 is 24.1 Å². The maximum Gasteiger partial charge on any atom is 0.269 e. The molecule has 4 aromatic carbocycles. The first-order valence-electron chi connectivity index (χ1n) is 15.1. The van der Waals surface area contributed by atoms with Crippen molar-refractivity contribution in [1.82, 2.24) is 9.88 Å². The van der Waals surface area contributed by atoms with E-state index in [0.29, 0.717) is 56.9 Å². The molecule has 248 valence electrons. The lowest BCUT2D eigenvalue weighted by atomic mass is 10.1. The molecule has 2 heterocycles. The summed E-state index contributed by atoms with van der Waals surface area (Å²) in [5.74, 6) is 0.684. The van der Waals surface area contributed by atoms with Gasteiger partial charge in [0.15, 0.2) is 16.7 Å². The highest BCUT2D eigenvalue weighted by atomic mass is 79.9. The third-order valence-corrected chi connectivity index (χ3v) is 9.21. The minimum absolute atomic E-state index is 0.00543. The Hall–Kier alpha value is -5.47. The second-order valence-electron chi connectivity index (χ2n) is 10.8. The van der Waals surface area contributed by atoms with Crippen LogP contribution in [-0.2, 0) is 17.8 Å². The zero-order valence-corrected chi connectivity index (χ0v) is 28.4. The Morgan fingerprint density at radius 2 is 1.65 bits per heavy atom. The third kappa shape index (κ3) is 7.66. The molecule has 0 radical (unpaired) electrons. The number of aromatic nitrogens is 1. The van der Waals surface area contributed by atoms with Crippen molar-refractivity contribution in [3.05, 3.63) is 137 Å². The van der Waals surface area contributed by atoms with Gasteiger partial charge in [0, 0.05) is 47.9 Å². The molecule has 0 spiro atoms. The molecule has 14 heteroatoms. The number of nitrogens with zero attached hydrogens (tertiary/aromatic N) is 4. The Morgan fingerprint density at radius 3 is 2.35 bits per heavy atom. The molecule has 0 aliphatic carbocycles. The number of aromatic amines is 1. The summed E-state index contributed by atoms with van der Waals surface area (Å²) in [5, 5.41) is 23.7. The van der Waals surface area contributed by atoms with E-state index in [-0.39, 0.29) is 23.9 Å². The second kappa shape index (κ2) is 14.7. The van der Waals surface area contributed by atoms with Crippen molar-refractivity contribution in [2.45, 2.75) is 20.0 Å². The van der Waals surface area contributed by atoms with Gasteiger partial charge in [-0.25, -0.2) is 4.99 Å². The van der Waals surface area contributed by atoms with E-state index in [1.165, 1.54) is 36.0 Å². The van der Waals surface area contributed by atoms with E-state index in [0.717, 1.165) is 22.0 Å². The summed E-state index contributed by atoms with van der Waals surface area (Å²) >= 11 is 4.81. The van der Waals surface area contributed by atoms with Crippen LogP contribution in [0.1, 0.15) is 23.6 Å². The number of non-ortho nitro benzene ring substituents is 2. The Kier molecular flexibility index (Phi) is 10.1. The van der Waals surface area contributed by atoms with E-state index in [1.807, 2.05) is 43.5 Å². The van der Waals surface area contributed by atoms with E-state index < -0.39 is 9.85 Å². The number of thioether (sulfide) groups is 1. The number of amides is 1. The van der Waals surface area contributed by atoms with Crippen LogP contribution in [0.5, 0.6) is 11.5 Å². The van der Waals surface area contributed by atoms with Crippen molar-refractivity contribution >= 4 is 72.8 Å². The molecule has 1 saturated heterocycles. The van der Waals surface area contributed by atoms with Gasteiger partial charge in [-0.2, -0.15) is 0 Å². The highest BCUT2D eigenvalue weighted by molar-refractivity contribution is 9.10. The molecule has 0 saturated carbocycles. The van der Waals surface area contributed by atoms with Crippen LogP contribution in [0.4, 0.5) is 17.1 Å². The zero-order valence-electron chi connectivity index (χ0n) is 26.0. The fourth-order valence-corrected chi connectivity index (χ4v) is 6.81. The average Bonchev–Trinajstić information content (AvgIpc) is 3.63. The lowest BCUT2D eigenvalue weighted by molar-refractivity contribution is -0.385. The van der Waals surface area contributed by atoms with Crippen LogP contribution in [0.25, 0.3) is 17.0 Å². The van der Waals surface area contributed by atoms with Gasteiger partial charge in [0.25, 0.3) is 17.3 Å². The van der Waals surface area contributed by atoms with Gasteiger partial charge in [0.2, 0.25) is 0 Å². The topological polar surface area (TPSA) is 153 Å². The lowest BCUT2D eigenvalue weighted by Crippen LogP contribution is -2.31. The van der Waals surface area contributed by atoms with Crippen LogP contribution >= 0.6 is 27.7 Å². The molecule has 1 aliphatic rings. The Balaban J connectivity index is 1.28. The number of nitro benzene ring substituents is 2. The number of H-pyrrole nitrogens is 1. The number of hydrogen-bond acceptors (Lipinski definition) is 9. The lowest BCUT2D eigenvalue weighted by Gasteiger charge is -2.15. The van der Waals surface area contributed by atoms with Crippen LogP contribution in [0.2, 0.25) is 0 Å². The molecule has 5 aromatic rings. The van der Waals surface area contributed by atoms with Gasteiger partial charge in [0.05, 0.1) is 31.5 Å². The summed E-state index contributed by atoms with van der Waals surface area (Å²) in [6, 6.07) is 23.5. The van der Waals surface area contributed by atoms with Gasteiger partial charge in [-0.1, -0.05) is 18.2 Å². The number of nitro groups is 2. The maximum absolute atomic E-state index is 13.9. The Labute approximate surface area is 292 Å². The number of nitrogens with one attached hydrogen (secondary N) is 1. The van der Waals surface area contributed by atoms with Crippen LogP contribution in [0, 0.1) is 20.2 Å². The first-order chi connectivity index (χ1) is 23.7. The fraction of sp³-hybridized carbons (Fsp3) is 0.143. The van der Waals surface area contributed by atoms with Crippen LogP contribution < -0.4 is 9.47 Å². The number of carbonyl (C=O) groups is 1. The smallest absolute Gasteiger partial charge is 0.269 e. The SMILES string of the molecule is CCOc1cc(/C=C2\SC(=Nc3ccc([N+](=O)[O-])cc3)N(CCc3c[nH]c4ccccc34)C2=O)cc(Br)c1OCc1ccc([N+](=O)[O-])cc1. The van der Waals surface area contributed by atoms with E-state index in [1.54, 1.807) is 41.3 Å². The third-order valence-electron chi connectivity index (χ3n) is 7.61. The number of fused-ring (bicyclic) bond motifs is 1. The molecule has 1 fully saturated rings. The molecule has 49 heavy (non-hydrogen) atoms. The molecule has 6 rings (SSSR count). The van der Waals surface area contributed by atoms with Gasteiger partial charge in [-0.05, 0) is 106 Å². The molecule has 1 amide bonds. The quantitative estimate of drug-likeness (QED) is 0.0758. The van der Waals surface area contributed by atoms with Crippen molar-refractivity contribution in [3.63, 3.8) is 0 Å². The number of benzene rings is 4. The number of halogens is 1. The van der Waals surface area contributed by atoms with Crippen molar-refractivity contribution in [2.75, 3.05) is 13.2 Å². The van der Waals surface area contributed by atoms with Crippen molar-refractivity contribution in [2.24, 2.45) is 4.99 Å². The number of aliphatic imine (C=N–C) groups is 1. The average molecular weight is 743 g/mol.